The molecule has 1 aliphatic rings. The summed E-state index contributed by atoms with van der Waals surface area (Å²) < 4.78 is 0. The second-order valence-electron chi connectivity index (χ2n) is 5.72. The molecule has 1 heterocycles. The predicted molar refractivity (Wildman–Crippen MR) is 85.2 cm³/mol. The quantitative estimate of drug-likeness (QED) is 0.745. The molecule has 1 aromatic carbocycles. The molecular formula is C16H27N3O. The molecule has 0 aromatic heterocycles. The van der Waals surface area contributed by atoms with E-state index in [1.165, 1.54) is 24.1 Å². The lowest BCUT2D eigenvalue weighted by Crippen LogP contribution is -2.23. The first-order valence-electron chi connectivity index (χ1n) is 7.63. The minimum atomic E-state index is 0.230. The maximum Gasteiger partial charge on any atom is 0.0600 e. The average molecular weight is 277 g/mol. The predicted octanol–water partition coefficient (Wildman–Crippen LogP) is 1.73. The third kappa shape index (κ3) is 4.12. The van der Waals surface area contributed by atoms with Crippen LogP contribution >= 0.6 is 0 Å². The number of benzene rings is 1. The lowest BCUT2D eigenvalue weighted by molar-refractivity contribution is 0.220. The monoisotopic (exact) mass is 277 g/mol. The molecule has 1 fully saturated rings. The minimum Gasteiger partial charge on any atom is -0.397 e. The van der Waals surface area contributed by atoms with Crippen LogP contribution in [0.2, 0.25) is 0 Å². The maximum atomic E-state index is 8.86. The first-order valence-corrected chi connectivity index (χ1v) is 7.63. The zero-order valence-corrected chi connectivity index (χ0v) is 12.5. The summed E-state index contributed by atoms with van der Waals surface area (Å²) in [7, 11) is 2.04. The van der Waals surface area contributed by atoms with Crippen molar-refractivity contribution in [3.63, 3.8) is 0 Å². The van der Waals surface area contributed by atoms with Crippen LogP contribution in [0.4, 0.5) is 11.4 Å². The van der Waals surface area contributed by atoms with Gasteiger partial charge in [0.25, 0.3) is 0 Å². The number of hydrogen-bond acceptors (Lipinski definition) is 4. The largest absolute Gasteiger partial charge is 0.397 e. The molecule has 1 aromatic rings. The summed E-state index contributed by atoms with van der Waals surface area (Å²) in [6.45, 7) is 4.25. The Hall–Kier alpha value is -1.26. The maximum absolute atomic E-state index is 8.86. The zero-order valence-electron chi connectivity index (χ0n) is 12.5. The van der Waals surface area contributed by atoms with Crippen molar-refractivity contribution in [3.05, 3.63) is 23.8 Å². The smallest absolute Gasteiger partial charge is 0.0600 e. The Kier molecular flexibility index (Phi) is 5.68. The molecule has 0 unspecified atom stereocenters. The van der Waals surface area contributed by atoms with Crippen molar-refractivity contribution >= 4 is 11.4 Å². The van der Waals surface area contributed by atoms with Crippen LogP contribution in [0, 0.1) is 0 Å². The molecule has 0 atom stereocenters. The number of nitrogens with two attached hydrogens (primary N) is 1. The van der Waals surface area contributed by atoms with Crippen LogP contribution in [0.3, 0.4) is 0 Å². The highest BCUT2D eigenvalue weighted by Gasteiger charge is 2.14. The van der Waals surface area contributed by atoms with E-state index in [1.807, 2.05) is 7.05 Å². The third-order valence-corrected chi connectivity index (χ3v) is 4.03. The van der Waals surface area contributed by atoms with Crippen LogP contribution in [0.15, 0.2) is 18.2 Å². The first kappa shape index (κ1) is 15.1. The Morgan fingerprint density at radius 1 is 1.25 bits per heavy atom. The van der Waals surface area contributed by atoms with E-state index in [4.69, 9.17) is 10.8 Å². The SMILES string of the molecule is CN(CCO)CCCc1ccc(N2CCCC2)c(N)c1. The lowest BCUT2D eigenvalue weighted by atomic mass is 10.1. The van der Waals surface area contributed by atoms with Crippen LogP contribution in [0.25, 0.3) is 0 Å². The molecule has 0 aliphatic carbocycles. The Morgan fingerprint density at radius 3 is 2.65 bits per heavy atom. The summed E-state index contributed by atoms with van der Waals surface area (Å²) in [6.07, 6.45) is 4.69. The van der Waals surface area contributed by atoms with Gasteiger partial charge in [0.15, 0.2) is 0 Å². The summed E-state index contributed by atoms with van der Waals surface area (Å²) in [5.74, 6) is 0. The fourth-order valence-electron chi connectivity index (χ4n) is 2.84. The average Bonchev–Trinajstić information content (AvgIpc) is 2.93. The summed E-state index contributed by atoms with van der Waals surface area (Å²) in [6, 6.07) is 6.50. The summed E-state index contributed by atoms with van der Waals surface area (Å²) in [5, 5.41) is 8.86. The highest BCUT2D eigenvalue weighted by atomic mass is 16.3. The van der Waals surface area contributed by atoms with Crippen molar-refractivity contribution in [1.29, 1.82) is 0 Å². The molecule has 20 heavy (non-hydrogen) atoms. The van der Waals surface area contributed by atoms with Gasteiger partial charge in [0, 0.05) is 19.6 Å². The Balaban J connectivity index is 1.85. The van der Waals surface area contributed by atoms with E-state index < -0.39 is 0 Å². The minimum absolute atomic E-state index is 0.230. The summed E-state index contributed by atoms with van der Waals surface area (Å²) >= 11 is 0. The van der Waals surface area contributed by atoms with E-state index in [1.54, 1.807) is 0 Å². The molecule has 4 nitrogen and oxygen atoms in total. The normalized spacial score (nSPS) is 15.2. The molecule has 112 valence electrons. The van der Waals surface area contributed by atoms with Crippen LogP contribution in [-0.4, -0.2) is 49.8 Å². The van der Waals surface area contributed by atoms with Crippen molar-refractivity contribution in [2.45, 2.75) is 25.7 Å². The number of anilines is 2. The van der Waals surface area contributed by atoms with Crippen LogP contribution in [0.5, 0.6) is 0 Å². The fourth-order valence-corrected chi connectivity index (χ4v) is 2.84. The number of aliphatic hydroxyl groups excluding tert-OH is 1. The van der Waals surface area contributed by atoms with Gasteiger partial charge in [0.2, 0.25) is 0 Å². The van der Waals surface area contributed by atoms with Gasteiger partial charge in [0.1, 0.15) is 0 Å². The molecule has 0 saturated carbocycles. The van der Waals surface area contributed by atoms with E-state index in [2.05, 4.69) is 28.0 Å². The van der Waals surface area contributed by atoms with Crippen LogP contribution < -0.4 is 10.6 Å². The molecule has 1 aliphatic heterocycles. The Morgan fingerprint density at radius 2 is 2.00 bits per heavy atom. The van der Waals surface area contributed by atoms with Gasteiger partial charge in [-0.25, -0.2) is 0 Å². The molecule has 3 N–H and O–H groups in total. The van der Waals surface area contributed by atoms with Crippen molar-refractivity contribution < 1.29 is 5.11 Å². The van der Waals surface area contributed by atoms with Crippen molar-refractivity contribution in [2.24, 2.45) is 0 Å². The van der Waals surface area contributed by atoms with Crippen LogP contribution in [-0.2, 0) is 6.42 Å². The fraction of sp³-hybridized carbons (Fsp3) is 0.625. The van der Waals surface area contributed by atoms with Gasteiger partial charge >= 0.3 is 0 Å². The van der Waals surface area contributed by atoms with Crippen molar-refractivity contribution in [1.82, 2.24) is 4.90 Å². The number of nitrogens with zero attached hydrogens (tertiary/aromatic N) is 2. The highest BCUT2D eigenvalue weighted by molar-refractivity contribution is 5.68. The van der Waals surface area contributed by atoms with Gasteiger partial charge < -0.3 is 20.6 Å². The molecule has 1 saturated heterocycles. The van der Waals surface area contributed by atoms with Gasteiger partial charge in [0.05, 0.1) is 18.0 Å². The topological polar surface area (TPSA) is 52.7 Å². The summed E-state index contributed by atoms with van der Waals surface area (Å²) in [5.41, 5.74) is 9.61. The van der Waals surface area contributed by atoms with E-state index in [0.29, 0.717) is 0 Å². The van der Waals surface area contributed by atoms with Gasteiger partial charge in [-0.1, -0.05) is 6.07 Å². The van der Waals surface area contributed by atoms with Crippen LogP contribution in [0.1, 0.15) is 24.8 Å². The number of rotatable bonds is 7. The van der Waals surface area contributed by atoms with Gasteiger partial charge in [-0.15, -0.1) is 0 Å². The van der Waals surface area contributed by atoms with E-state index >= 15 is 0 Å². The second kappa shape index (κ2) is 7.50. The Bertz CT molecular complexity index is 416. The first-order chi connectivity index (χ1) is 9.70. The Labute approximate surface area is 122 Å². The standard InChI is InChI=1S/C16H27N3O/c1-18(11-12-20)8-4-5-14-6-7-16(15(17)13-14)19-9-2-3-10-19/h6-7,13,20H,2-5,8-12,17H2,1H3. The highest BCUT2D eigenvalue weighted by Crippen LogP contribution is 2.27. The van der Waals surface area contributed by atoms with Crippen molar-refractivity contribution in [2.75, 3.05) is 50.5 Å². The van der Waals surface area contributed by atoms with E-state index in [-0.39, 0.29) is 6.61 Å². The molecule has 0 bridgehead atoms. The number of likely N-dealkylation sites (N-methyl/N-ethyl adjacent to an activating group) is 1. The molecule has 0 spiro atoms. The van der Waals surface area contributed by atoms with E-state index in [0.717, 1.165) is 44.7 Å². The van der Waals surface area contributed by atoms with Gasteiger partial charge in [-0.05, 0) is 57.0 Å². The number of aliphatic hydroxyl groups is 1. The number of hydrogen-bond donors (Lipinski definition) is 2. The molecule has 0 radical (unpaired) electrons. The summed E-state index contributed by atoms with van der Waals surface area (Å²) in [4.78, 5) is 4.54. The third-order valence-electron chi connectivity index (χ3n) is 4.03. The molecule has 2 rings (SSSR count). The molecule has 0 amide bonds. The molecular weight excluding hydrogens is 250 g/mol. The second-order valence-corrected chi connectivity index (χ2v) is 5.72. The molecule has 4 heteroatoms. The number of aryl methyl sites for hydroxylation is 1. The van der Waals surface area contributed by atoms with Crippen molar-refractivity contribution in [3.8, 4) is 0 Å². The lowest BCUT2D eigenvalue weighted by Gasteiger charge is -2.20. The van der Waals surface area contributed by atoms with Gasteiger partial charge in [-0.3, -0.25) is 0 Å². The number of nitrogen functional groups attached to an aromatic ring is 1. The van der Waals surface area contributed by atoms with Gasteiger partial charge in [-0.2, -0.15) is 0 Å². The zero-order chi connectivity index (χ0) is 14.4. The van der Waals surface area contributed by atoms with E-state index in [9.17, 15) is 0 Å².